The van der Waals surface area contributed by atoms with Gasteiger partial charge in [0, 0.05) is 25.4 Å². The number of amides is 2. The Labute approximate surface area is 193 Å². The van der Waals surface area contributed by atoms with Gasteiger partial charge in [-0.15, -0.1) is 0 Å². The number of nitrogens with one attached hydrogen (secondary N) is 1. The van der Waals surface area contributed by atoms with E-state index in [9.17, 15) is 14.4 Å². The molecule has 0 fully saturated rings. The number of hydrogen-bond donors (Lipinski definition) is 2. The molecule has 176 valence electrons. The molecule has 2 aromatic rings. The normalized spacial score (nSPS) is 13.0. The Balaban J connectivity index is 1.59. The van der Waals surface area contributed by atoms with Crippen LogP contribution in [0.25, 0.3) is 11.1 Å². The van der Waals surface area contributed by atoms with Gasteiger partial charge >= 0.3 is 12.1 Å². The predicted octanol–water partition coefficient (Wildman–Crippen LogP) is 3.95. The number of ether oxygens (including phenoxy) is 1. The summed E-state index contributed by atoms with van der Waals surface area (Å²) in [4.78, 5) is 40.5. The van der Waals surface area contributed by atoms with E-state index in [1.165, 1.54) is 7.05 Å². The Bertz CT molecular complexity index is 947. The lowest BCUT2D eigenvalue weighted by atomic mass is 9.98. The minimum Gasteiger partial charge on any atom is -0.479 e. The highest BCUT2D eigenvalue weighted by atomic mass is 16.7. The molecule has 0 radical (unpaired) electrons. The maximum Gasteiger partial charge on any atom is 0.407 e. The summed E-state index contributed by atoms with van der Waals surface area (Å²) in [6.45, 7) is 1.60. The number of nitrogens with zero attached hydrogens (tertiary/aromatic N) is 1. The largest absolute Gasteiger partial charge is 0.479 e. The quantitative estimate of drug-likeness (QED) is 0.498. The van der Waals surface area contributed by atoms with Crippen molar-refractivity contribution in [3.8, 4) is 11.1 Å². The standard InChI is InChI=1S/C25H30N2O6/c1-3-4-9-17(14-23(28)27(2)33-16-24(29)30)26-25(31)32-15-22-20-12-7-5-10-18(20)19-11-6-8-13-21(19)22/h5-8,10-13,17,22H,3-4,9,14-16H2,1-2H3,(H,26,31)(H,29,30). The van der Waals surface area contributed by atoms with Crippen molar-refractivity contribution in [1.29, 1.82) is 0 Å². The molecule has 0 aliphatic heterocycles. The second kappa shape index (κ2) is 11.5. The summed E-state index contributed by atoms with van der Waals surface area (Å²) in [5, 5.41) is 12.4. The fraction of sp³-hybridized carbons (Fsp3) is 0.400. The molecule has 0 heterocycles. The number of carboxylic acids is 1. The number of aliphatic carboxylic acids is 1. The molecule has 0 saturated carbocycles. The number of fused-ring (bicyclic) bond motifs is 3. The van der Waals surface area contributed by atoms with Gasteiger partial charge in [-0.2, -0.15) is 0 Å². The van der Waals surface area contributed by atoms with Crippen LogP contribution < -0.4 is 5.32 Å². The van der Waals surface area contributed by atoms with Crippen molar-refractivity contribution in [2.24, 2.45) is 0 Å². The maximum atomic E-state index is 12.6. The molecule has 8 heteroatoms. The van der Waals surface area contributed by atoms with Gasteiger partial charge in [0.25, 0.3) is 0 Å². The molecule has 2 amide bonds. The number of rotatable bonds is 11. The van der Waals surface area contributed by atoms with Crippen molar-refractivity contribution in [1.82, 2.24) is 10.4 Å². The Morgan fingerprint density at radius 3 is 2.24 bits per heavy atom. The van der Waals surface area contributed by atoms with Crippen LogP contribution in [0.1, 0.15) is 49.7 Å². The number of alkyl carbamates (subject to hydrolysis) is 1. The molecule has 0 saturated heterocycles. The molecule has 3 rings (SSSR count). The highest BCUT2D eigenvalue weighted by Gasteiger charge is 2.29. The number of carbonyl (C=O) groups is 3. The van der Waals surface area contributed by atoms with Crippen LogP contribution in [0.3, 0.4) is 0 Å². The number of benzene rings is 2. The van der Waals surface area contributed by atoms with Gasteiger partial charge in [-0.05, 0) is 28.7 Å². The van der Waals surface area contributed by atoms with E-state index in [-0.39, 0.29) is 18.9 Å². The first kappa shape index (κ1) is 24.3. The van der Waals surface area contributed by atoms with Crippen molar-refractivity contribution in [3.63, 3.8) is 0 Å². The van der Waals surface area contributed by atoms with E-state index in [4.69, 9.17) is 14.7 Å². The highest BCUT2D eigenvalue weighted by molar-refractivity contribution is 5.79. The van der Waals surface area contributed by atoms with Gasteiger partial charge in [0.1, 0.15) is 6.61 Å². The fourth-order valence-electron chi connectivity index (χ4n) is 4.05. The summed E-state index contributed by atoms with van der Waals surface area (Å²) >= 11 is 0. The smallest absolute Gasteiger partial charge is 0.407 e. The van der Waals surface area contributed by atoms with Crippen LogP contribution in [-0.4, -0.2) is 54.4 Å². The van der Waals surface area contributed by atoms with Crippen LogP contribution in [0, 0.1) is 0 Å². The Hall–Kier alpha value is -3.39. The van der Waals surface area contributed by atoms with Gasteiger partial charge in [0.15, 0.2) is 6.61 Å². The van der Waals surface area contributed by atoms with Crippen LogP contribution in [0.2, 0.25) is 0 Å². The van der Waals surface area contributed by atoms with Gasteiger partial charge in [-0.25, -0.2) is 14.7 Å². The average Bonchev–Trinajstić information content (AvgIpc) is 3.13. The summed E-state index contributed by atoms with van der Waals surface area (Å²) in [5.41, 5.74) is 4.55. The third kappa shape index (κ3) is 6.32. The minimum atomic E-state index is -1.17. The maximum absolute atomic E-state index is 12.6. The molecule has 1 unspecified atom stereocenters. The van der Waals surface area contributed by atoms with Gasteiger partial charge < -0.3 is 15.2 Å². The Morgan fingerprint density at radius 1 is 1.06 bits per heavy atom. The highest BCUT2D eigenvalue weighted by Crippen LogP contribution is 2.44. The third-order valence-electron chi connectivity index (χ3n) is 5.73. The summed E-state index contributed by atoms with van der Waals surface area (Å²) in [7, 11) is 1.36. The molecule has 2 N–H and O–H groups in total. The van der Waals surface area contributed by atoms with E-state index in [0.717, 1.165) is 40.2 Å². The number of carbonyl (C=O) groups excluding carboxylic acids is 2. The molecule has 1 aliphatic carbocycles. The van der Waals surface area contributed by atoms with E-state index in [0.29, 0.717) is 6.42 Å². The van der Waals surface area contributed by atoms with Crippen molar-refractivity contribution < 1.29 is 29.1 Å². The first-order valence-corrected chi connectivity index (χ1v) is 11.1. The zero-order valence-corrected chi connectivity index (χ0v) is 19.0. The van der Waals surface area contributed by atoms with E-state index >= 15 is 0 Å². The molecule has 0 spiro atoms. The number of unbranched alkanes of at least 4 members (excludes halogenated alkanes) is 1. The molecular weight excluding hydrogens is 424 g/mol. The third-order valence-corrected chi connectivity index (χ3v) is 5.73. The fourth-order valence-corrected chi connectivity index (χ4v) is 4.05. The second-order valence-electron chi connectivity index (χ2n) is 8.07. The molecule has 1 atom stereocenters. The minimum absolute atomic E-state index is 0.0136. The second-order valence-corrected chi connectivity index (χ2v) is 8.07. The van der Waals surface area contributed by atoms with E-state index in [1.54, 1.807) is 0 Å². The predicted molar refractivity (Wildman–Crippen MR) is 122 cm³/mol. The van der Waals surface area contributed by atoms with Crippen molar-refractivity contribution >= 4 is 18.0 Å². The van der Waals surface area contributed by atoms with Crippen LogP contribution >= 0.6 is 0 Å². The lowest BCUT2D eigenvalue weighted by Gasteiger charge is -2.22. The lowest BCUT2D eigenvalue weighted by Crippen LogP contribution is -2.40. The summed E-state index contributed by atoms with van der Waals surface area (Å²) in [6, 6.07) is 15.8. The van der Waals surface area contributed by atoms with E-state index in [2.05, 4.69) is 29.6 Å². The topological polar surface area (TPSA) is 105 Å². The first-order chi connectivity index (χ1) is 15.9. The molecule has 33 heavy (non-hydrogen) atoms. The van der Waals surface area contributed by atoms with Crippen LogP contribution in [0.4, 0.5) is 4.79 Å². The van der Waals surface area contributed by atoms with E-state index < -0.39 is 30.6 Å². The Morgan fingerprint density at radius 2 is 1.67 bits per heavy atom. The summed E-state index contributed by atoms with van der Waals surface area (Å²) < 4.78 is 5.59. The molecule has 8 nitrogen and oxygen atoms in total. The number of hydrogen-bond acceptors (Lipinski definition) is 5. The van der Waals surface area contributed by atoms with Crippen molar-refractivity contribution in [3.05, 3.63) is 59.7 Å². The van der Waals surface area contributed by atoms with Gasteiger partial charge in [0.05, 0.1) is 0 Å². The zero-order chi connectivity index (χ0) is 23.8. The SMILES string of the molecule is CCCCC(CC(=O)N(C)OCC(=O)O)NC(=O)OCC1c2ccccc2-c2ccccc21. The van der Waals surface area contributed by atoms with Crippen LogP contribution in [0.5, 0.6) is 0 Å². The van der Waals surface area contributed by atoms with Gasteiger partial charge in [-0.1, -0.05) is 68.3 Å². The molecule has 0 aromatic heterocycles. The van der Waals surface area contributed by atoms with Gasteiger partial charge in [-0.3, -0.25) is 9.63 Å². The lowest BCUT2D eigenvalue weighted by molar-refractivity contribution is -0.186. The summed E-state index contributed by atoms with van der Waals surface area (Å²) in [6.07, 6.45) is 1.73. The summed E-state index contributed by atoms with van der Waals surface area (Å²) in [5.74, 6) is -1.64. The van der Waals surface area contributed by atoms with E-state index in [1.807, 2.05) is 31.2 Å². The monoisotopic (exact) mass is 454 g/mol. The van der Waals surface area contributed by atoms with Crippen molar-refractivity contribution in [2.75, 3.05) is 20.3 Å². The molecule has 2 aromatic carbocycles. The number of carboxylic acid groups (broad SMARTS) is 1. The molecule has 0 bridgehead atoms. The average molecular weight is 455 g/mol. The molecule has 1 aliphatic rings. The van der Waals surface area contributed by atoms with Crippen LogP contribution in [0.15, 0.2) is 48.5 Å². The zero-order valence-electron chi connectivity index (χ0n) is 19.0. The molecular formula is C25H30N2O6. The van der Waals surface area contributed by atoms with Crippen molar-refractivity contribution in [2.45, 2.75) is 44.6 Å². The Kier molecular flexibility index (Phi) is 8.43. The van der Waals surface area contributed by atoms with Gasteiger partial charge in [0.2, 0.25) is 5.91 Å². The number of hydroxylamine groups is 2. The first-order valence-electron chi connectivity index (χ1n) is 11.1. The van der Waals surface area contributed by atoms with Crippen LogP contribution in [-0.2, 0) is 19.2 Å².